The average molecular weight is 234 g/mol. The van der Waals surface area contributed by atoms with Crippen molar-refractivity contribution in [1.82, 2.24) is 0 Å². The first kappa shape index (κ1) is 12.8. The molecule has 1 N–H and O–H groups in total. The summed E-state index contributed by atoms with van der Waals surface area (Å²) in [6.07, 6.45) is -4.33. The summed E-state index contributed by atoms with van der Waals surface area (Å²) in [5, 5.41) is 9.37. The van der Waals surface area contributed by atoms with Crippen molar-refractivity contribution in [3.63, 3.8) is 0 Å². The van der Waals surface area contributed by atoms with Gasteiger partial charge in [-0.05, 0) is 30.5 Å². The molecule has 0 amide bonds. The Labute approximate surface area is 91.7 Å². The Morgan fingerprint density at radius 3 is 2.62 bits per heavy atom. The lowest BCUT2D eigenvalue weighted by atomic mass is 10.1. The third-order valence-electron chi connectivity index (χ3n) is 2.07. The van der Waals surface area contributed by atoms with Gasteiger partial charge in [-0.1, -0.05) is 19.1 Å². The summed E-state index contributed by atoms with van der Waals surface area (Å²) < 4.78 is 39.6. The second-order valence-electron chi connectivity index (χ2n) is 3.46. The van der Waals surface area contributed by atoms with Crippen molar-refractivity contribution < 1.29 is 23.0 Å². The zero-order valence-electron chi connectivity index (χ0n) is 8.79. The van der Waals surface area contributed by atoms with Crippen LogP contribution in [-0.4, -0.2) is 17.6 Å². The third-order valence-corrected chi connectivity index (χ3v) is 2.07. The van der Waals surface area contributed by atoms with E-state index in [0.717, 1.165) is 0 Å². The quantitative estimate of drug-likeness (QED) is 0.867. The summed E-state index contributed by atoms with van der Waals surface area (Å²) in [6.45, 7) is 1.81. The Bertz CT molecular complexity index is 336. The lowest BCUT2D eigenvalue weighted by Gasteiger charge is -2.11. The van der Waals surface area contributed by atoms with Crippen molar-refractivity contribution in [2.24, 2.45) is 0 Å². The van der Waals surface area contributed by atoms with Crippen molar-refractivity contribution in [2.75, 3.05) is 0 Å². The largest absolute Gasteiger partial charge is 0.573 e. The summed E-state index contributed by atoms with van der Waals surface area (Å²) in [4.78, 5) is 0. The fourth-order valence-electron chi connectivity index (χ4n) is 1.29. The molecule has 0 heterocycles. The van der Waals surface area contributed by atoms with Crippen LogP contribution in [-0.2, 0) is 6.42 Å². The van der Waals surface area contributed by atoms with Gasteiger partial charge in [-0.3, -0.25) is 0 Å². The zero-order chi connectivity index (χ0) is 12.2. The van der Waals surface area contributed by atoms with Crippen LogP contribution in [0.3, 0.4) is 0 Å². The third kappa shape index (κ3) is 4.53. The summed E-state index contributed by atoms with van der Waals surface area (Å²) in [5.74, 6) is -0.256. The van der Waals surface area contributed by atoms with Crippen LogP contribution < -0.4 is 4.74 Å². The Morgan fingerprint density at radius 1 is 1.38 bits per heavy atom. The van der Waals surface area contributed by atoms with Gasteiger partial charge in [-0.25, -0.2) is 0 Å². The van der Waals surface area contributed by atoms with Crippen molar-refractivity contribution in [2.45, 2.75) is 32.2 Å². The molecule has 5 heteroatoms. The van der Waals surface area contributed by atoms with Crippen LogP contribution in [0.5, 0.6) is 5.75 Å². The van der Waals surface area contributed by atoms with Gasteiger partial charge in [0.2, 0.25) is 0 Å². The van der Waals surface area contributed by atoms with Gasteiger partial charge in [0.25, 0.3) is 0 Å². The number of aliphatic hydroxyl groups is 1. The summed E-state index contributed by atoms with van der Waals surface area (Å²) in [6, 6.07) is 5.64. The maximum Gasteiger partial charge on any atom is 0.573 e. The van der Waals surface area contributed by atoms with Crippen LogP contribution in [0, 0.1) is 0 Å². The molecule has 0 saturated heterocycles. The monoisotopic (exact) mass is 234 g/mol. The van der Waals surface area contributed by atoms with Gasteiger partial charge < -0.3 is 9.84 Å². The highest BCUT2D eigenvalue weighted by atomic mass is 19.4. The smallest absolute Gasteiger partial charge is 0.406 e. The van der Waals surface area contributed by atoms with E-state index in [1.165, 1.54) is 18.2 Å². The van der Waals surface area contributed by atoms with Crippen molar-refractivity contribution in [3.8, 4) is 5.75 Å². The molecule has 2 nitrogen and oxygen atoms in total. The number of halogens is 3. The van der Waals surface area contributed by atoms with Gasteiger partial charge in [0.15, 0.2) is 0 Å². The predicted molar refractivity (Wildman–Crippen MR) is 53.1 cm³/mol. The fourth-order valence-corrected chi connectivity index (χ4v) is 1.29. The molecule has 0 aliphatic carbocycles. The highest BCUT2D eigenvalue weighted by molar-refractivity contribution is 5.29. The molecule has 90 valence electrons. The molecule has 1 rings (SSSR count). The number of alkyl halides is 3. The summed E-state index contributed by atoms with van der Waals surface area (Å²) in [7, 11) is 0. The predicted octanol–water partition coefficient (Wildman–Crippen LogP) is 2.90. The minimum atomic E-state index is -4.68. The van der Waals surface area contributed by atoms with Gasteiger partial charge in [0, 0.05) is 0 Å². The Kier molecular flexibility index (Phi) is 4.18. The highest BCUT2D eigenvalue weighted by Gasteiger charge is 2.31. The molecule has 0 aromatic heterocycles. The minimum Gasteiger partial charge on any atom is -0.406 e. The first-order valence-corrected chi connectivity index (χ1v) is 4.93. The average Bonchev–Trinajstić information content (AvgIpc) is 2.15. The molecule has 0 spiro atoms. The van der Waals surface area contributed by atoms with E-state index in [2.05, 4.69) is 4.74 Å². The normalized spacial score (nSPS) is 13.6. The zero-order valence-corrected chi connectivity index (χ0v) is 8.79. The number of benzene rings is 1. The van der Waals surface area contributed by atoms with E-state index in [1.54, 1.807) is 13.0 Å². The van der Waals surface area contributed by atoms with Crippen molar-refractivity contribution in [3.05, 3.63) is 29.8 Å². The van der Waals surface area contributed by atoms with Crippen molar-refractivity contribution in [1.29, 1.82) is 0 Å². The molecule has 1 unspecified atom stereocenters. The molecule has 1 atom stereocenters. The summed E-state index contributed by atoms with van der Waals surface area (Å²) in [5.41, 5.74) is 0.621. The Balaban J connectivity index is 2.71. The number of ether oxygens (including phenoxy) is 1. The van der Waals surface area contributed by atoms with E-state index in [4.69, 9.17) is 0 Å². The maximum atomic E-state index is 11.9. The van der Waals surface area contributed by atoms with E-state index in [0.29, 0.717) is 18.4 Å². The number of rotatable bonds is 4. The van der Waals surface area contributed by atoms with Gasteiger partial charge in [-0.15, -0.1) is 13.2 Å². The van der Waals surface area contributed by atoms with E-state index in [-0.39, 0.29) is 5.75 Å². The summed E-state index contributed by atoms with van der Waals surface area (Å²) >= 11 is 0. The highest BCUT2D eigenvalue weighted by Crippen LogP contribution is 2.23. The van der Waals surface area contributed by atoms with Gasteiger partial charge in [-0.2, -0.15) is 0 Å². The van der Waals surface area contributed by atoms with Crippen LogP contribution in [0.2, 0.25) is 0 Å². The lowest BCUT2D eigenvalue weighted by molar-refractivity contribution is -0.274. The molecule has 16 heavy (non-hydrogen) atoms. The minimum absolute atomic E-state index is 0.256. The van der Waals surface area contributed by atoms with Crippen LogP contribution in [0.4, 0.5) is 13.2 Å². The second kappa shape index (κ2) is 5.21. The van der Waals surface area contributed by atoms with E-state index in [9.17, 15) is 18.3 Å². The molecule has 0 radical (unpaired) electrons. The van der Waals surface area contributed by atoms with Crippen LogP contribution in [0.1, 0.15) is 18.9 Å². The molecule has 0 bridgehead atoms. The maximum absolute atomic E-state index is 11.9. The second-order valence-corrected chi connectivity index (χ2v) is 3.46. The van der Waals surface area contributed by atoms with Crippen LogP contribution in [0.15, 0.2) is 24.3 Å². The van der Waals surface area contributed by atoms with Gasteiger partial charge in [0.1, 0.15) is 5.75 Å². The Morgan fingerprint density at radius 2 is 2.06 bits per heavy atom. The molecule has 0 fully saturated rings. The van der Waals surface area contributed by atoms with E-state index < -0.39 is 12.5 Å². The van der Waals surface area contributed by atoms with Crippen LogP contribution >= 0.6 is 0 Å². The van der Waals surface area contributed by atoms with E-state index >= 15 is 0 Å². The van der Waals surface area contributed by atoms with Gasteiger partial charge in [0.05, 0.1) is 6.10 Å². The molecular formula is C11H13F3O2. The SMILES string of the molecule is CCC(O)Cc1cccc(OC(F)(F)F)c1. The molecule has 1 aromatic rings. The molecule has 0 aliphatic heterocycles. The van der Waals surface area contributed by atoms with Gasteiger partial charge >= 0.3 is 6.36 Å². The number of hydrogen-bond acceptors (Lipinski definition) is 2. The Hall–Kier alpha value is -1.23. The lowest BCUT2D eigenvalue weighted by Crippen LogP contribution is -2.17. The number of hydrogen-bond donors (Lipinski definition) is 1. The number of aliphatic hydroxyl groups excluding tert-OH is 1. The molecular weight excluding hydrogens is 221 g/mol. The fraction of sp³-hybridized carbons (Fsp3) is 0.455. The standard InChI is InChI=1S/C11H13F3O2/c1-2-9(15)6-8-4-3-5-10(7-8)16-11(12,13)14/h3-5,7,9,15H,2,6H2,1H3. The van der Waals surface area contributed by atoms with E-state index in [1.807, 2.05) is 0 Å². The first-order valence-electron chi connectivity index (χ1n) is 4.93. The molecule has 0 aliphatic rings. The first-order chi connectivity index (χ1) is 7.40. The van der Waals surface area contributed by atoms with Crippen molar-refractivity contribution >= 4 is 0 Å². The van der Waals surface area contributed by atoms with Crippen LogP contribution in [0.25, 0.3) is 0 Å². The molecule has 1 aromatic carbocycles. The topological polar surface area (TPSA) is 29.5 Å². The molecule has 0 saturated carbocycles.